The number of esters is 2. The molecule has 80 valence electrons. The second-order valence-electron chi connectivity index (χ2n) is 2.35. The van der Waals surface area contributed by atoms with Crippen molar-refractivity contribution in [3.8, 4) is 24.7 Å². The van der Waals surface area contributed by atoms with Gasteiger partial charge in [-0.2, -0.15) is 0 Å². The molecular formula is C10H9BrO4. The zero-order chi connectivity index (χ0) is 11.7. The van der Waals surface area contributed by atoms with Gasteiger partial charge in [-0.15, -0.1) is 12.8 Å². The Morgan fingerprint density at radius 2 is 1.73 bits per heavy atom. The summed E-state index contributed by atoms with van der Waals surface area (Å²) in [5.74, 6) is 3.09. The lowest BCUT2D eigenvalue weighted by Crippen LogP contribution is -2.22. The van der Waals surface area contributed by atoms with Crippen LogP contribution in [0.5, 0.6) is 0 Å². The molecule has 0 fully saturated rings. The van der Waals surface area contributed by atoms with Crippen molar-refractivity contribution in [2.24, 2.45) is 0 Å². The molecule has 4 nitrogen and oxygen atoms in total. The Morgan fingerprint density at radius 1 is 1.20 bits per heavy atom. The molecule has 0 saturated carbocycles. The summed E-state index contributed by atoms with van der Waals surface area (Å²) in [5.41, 5.74) is 0. The Labute approximate surface area is 96.4 Å². The Kier molecular flexibility index (Phi) is 7.13. The molecule has 0 aliphatic rings. The van der Waals surface area contributed by atoms with Gasteiger partial charge in [-0.3, -0.25) is 9.59 Å². The summed E-state index contributed by atoms with van der Waals surface area (Å²) in [6.45, 7) is -0.238. The van der Waals surface area contributed by atoms with E-state index >= 15 is 0 Å². The van der Waals surface area contributed by atoms with E-state index in [1.807, 2.05) is 0 Å². The maximum Gasteiger partial charge on any atom is 0.321 e. The van der Waals surface area contributed by atoms with Gasteiger partial charge in [-0.05, 0) is 0 Å². The van der Waals surface area contributed by atoms with Crippen molar-refractivity contribution in [1.82, 2.24) is 0 Å². The normalized spacial score (nSPS) is 10.6. The molecule has 0 heterocycles. The number of terminal acetylenes is 2. The molecule has 5 heteroatoms. The van der Waals surface area contributed by atoms with E-state index in [1.54, 1.807) is 0 Å². The highest BCUT2D eigenvalue weighted by atomic mass is 79.9. The van der Waals surface area contributed by atoms with Gasteiger partial charge in [0.1, 0.15) is 4.83 Å². The lowest BCUT2D eigenvalue weighted by Gasteiger charge is -2.07. The van der Waals surface area contributed by atoms with Gasteiger partial charge < -0.3 is 9.47 Å². The van der Waals surface area contributed by atoms with Crippen LogP contribution < -0.4 is 0 Å². The van der Waals surface area contributed by atoms with Crippen molar-refractivity contribution >= 4 is 27.9 Å². The van der Waals surface area contributed by atoms with Crippen LogP contribution in [0, 0.1) is 24.7 Å². The molecule has 0 aliphatic carbocycles. The van der Waals surface area contributed by atoms with Gasteiger partial charge in [0.05, 0.1) is 6.42 Å². The van der Waals surface area contributed by atoms with Crippen molar-refractivity contribution in [3.63, 3.8) is 0 Å². The smallest absolute Gasteiger partial charge is 0.321 e. The van der Waals surface area contributed by atoms with Crippen LogP contribution >= 0.6 is 15.9 Å². The van der Waals surface area contributed by atoms with Gasteiger partial charge in [0.15, 0.2) is 13.2 Å². The van der Waals surface area contributed by atoms with Gasteiger partial charge in [-0.1, -0.05) is 27.8 Å². The van der Waals surface area contributed by atoms with E-state index in [2.05, 4.69) is 37.2 Å². The van der Waals surface area contributed by atoms with Crippen LogP contribution in [0.4, 0.5) is 0 Å². The minimum atomic E-state index is -0.767. The SMILES string of the molecule is C#CCOC(=O)CC(Br)C(=O)OCC#C. The molecule has 0 aromatic rings. The number of rotatable bonds is 5. The maximum atomic E-state index is 11.1. The molecule has 1 atom stereocenters. The van der Waals surface area contributed by atoms with Crippen LogP contribution in [0.1, 0.15) is 6.42 Å². The first-order valence-electron chi connectivity index (χ1n) is 3.95. The second kappa shape index (κ2) is 7.90. The Balaban J connectivity index is 3.87. The van der Waals surface area contributed by atoms with Crippen molar-refractivity contribution < 1.29 is 19.1 Å². The minimum Gasteiger partial charge on any atom is -0.452 e. The summed E-state index contributed by atoms with van der Waals surface area (Å²) in [7, 11) is 0. The molecule has 0 radical (unpaired) electrons. The monoisotopic (exact) mass is 272 g/mol. The lowest BCUT2D eigenvalue weighted by molar-refractivity contribution is -0.148. The summed E-state index contributed by atoms with van der Waals surface area (Å²) in [4.78, 5) is 21.3. The van der Waals surface area contributed by atoms with Gasteiger partial charge in [0, 0.05) is 0 Å². The molecule has 0 saturated heterocycles. The number of ether oxygens (including phenoxy) is 2. The van der Waals surface area contributed by atoms with Gasteiger partial charge in [-0.25, -0.2) is 0 Å². The van der Waals surface area contributed by atoms with Crippen LogP contribution in [0.3, 0.4) is 0 Å². The number of carbonyl (C=O) groups is 2. The highest BCUT2D eigenvalue weighted by Crippen LogP contribution is 2.08. The predicted octanol–water partition coefficient (Wildman–Crippen LogP) is 0.493. The highest BCUT2D eigenvalue weighted by molar-refractivity contribution is 9.10. The summed E-state index contributed by atoms with van der Waals surface area (Å²) in [5, 5.41) is 0. The fraction of sp³-hybridized carbons (Fsp3) is 0.400. The van der Waals surface area contributed by atoms with Crippen LogP contribution in [0.25, 0.3) is 0 Å². The summed E-state index contributed by atoms with van der Waals surface area (Å²) in [6.07, 6.45) is 9.62. The van der Waals surface area contributed by atoms with Crippen molar-refractivity contribution in [1.29, 1.82) is 0 Å². The quantitative estimate of drug-likeness (QED) is 0.415. The third-order valence-corrected chi connectivity index (χ3v) is 1.91. The molecule has 0 aliphatic heterocycles. The molecule has 0 spiro atoms. The first kappa shape index (κ1) is 13.5. The molecule has 1 unspecified atom stereocenters. The van der Waals surface area contributed by atoms with Gasteiger partial charge >= 0.3 is 11.9 Å². The highest BCUT2D eigenvalue weighted by Gasteiger charge is 2.20. The van der Waals surface area contributed by atoms with E-state index in [1.165, 1.54) is 0 Å². The number of carbonyl (C=O) groups excluding carboxylic acids is 2. The molecule has 0 bridgehead atoms. The standard InChI is InChI=1S/C10H9BrO4/c1-3-5-14-9(12)7-8(11)10(13)15-6-4-2/h1-2,8H,5-7H2. The number of halogens is 1. The number of hydrogen-bond acceptors (Lipinski definition) is 4. The minimum absolute atomic E-state index is 0.113. The fourth-order valence-electron chi connectivity index (χ4n) is 0.614. The predicted molar refractivity (Wildman–Crippen MR) is 56.9 cm³/mol. The van der Waals surface area contributed by atoms with Crippen LogP contribution in [0.15, 0.2) is 0 Å². The Bertz CT molecular complexity index is 310. The molecule has 0 rings (SSSR count). The van der Waals surface area contributed by atoms with Crippen molar-refractivity contribution in [2.75, 3.05) is 13.2 Å². The molecule has 0 aromatic heterocycles. The maximum absolute atomic E-state index is 11.1. The Hall–Kier alpha value is -1.46. The molecule has 0 aromatic carbocycles. The van der Waals surface area contributed by atoms with Gasteiger partial charge in [0.2, 0.25) is 0 Å². The first-order chi connectivity index (χ1) is 7.11. The van der Waals surface area contributed by atoms with E-state index in [0.29, 0.717) is 0 Å². The van der Waals surface area contributed by atoms with E-state index in [4.69, 9.17) is 12.8 Å². The third kappa shape index (κ3) is 6.59. The summed E-state index contributed by atoms with van der Waals surface area (Å²) in [6, 6.07) is 0. The largest absolute Gasteiger partial charge is 0.452 e. The molecular weight excluding hydrogens is 264 g/mol. The lowest BCUT2D eigenvalue weighted by atomic mass is 10.3. The van der Waals surface area contributed by atoms with Crippen LogP contribution in [0.2, 0.25) is 0 Å². The van der Waals surface area contributed by atoms with Crippen molar-refractivity contribution in [3.05, 3.63) is 0 Å². The zero-order valence-electron chi connectivity index (χ0n) is 7.86. The fourth-order valence-corrected chi connectivity index (χ4v) is 1.01. The zero-order valence-corrected chi connectivity index (χ0v) is 9.45. The topological polar surface area (TPSA) is 52.6 Å². The van der Waals surface area contributed by atoms with Gasteiger partial charge in [0.25, 0.3) is 0 Å². The average molecular weight is 273 g/mol. The number of alkyl halides is 1. The third-order valence-electron chi connectivity index (χ3n) is 1.22. The molecule has 0 N–H and O–H groups in total. The van der Waals surface area contributed by atoms with Crippen molar-refractivity contribution in [2.45, 2.75) is 11.2 Å². The summed E-state index contributed by atoms with van der Waals surface area (Å²) < 4.78 is 9.15. The Morgan fingerprint density at radius 3 is 2.27 bits per heavy atom. The van der Waals surface area contributed by atoms with Crippen LogP contribution in [-0.2, 0) is 19.1 Å². The van der Waals surface area contributed by atoms with E-state index in [-0.39, 0.29) is 19.6 Å². The average Bonchev–Trinajstić information content (AvgIpc) is 2.22. The van der Waals surface area contributed by atoms with E-state index in [0.717, 1.165) is 0 Å². The summed E-state index contributed by atoms with van der Waals surface area (Å²) >= 11 is 2.97. The molecule has 0 amide bonds. The molecule has 15 heavy (non-hydrogen) atoms. The van der Waals surface area contributed by atoms with Crippen LogP contribution in [-0.4, -0.2) is 30.0 Å². The first-order valence-corrected chi connectivity index (χ1v) is 4.86. The van der Waals surface area contributed by atoms with E-state index < -0.39 is 16.8 Å². The number of hydrogen-bond donors (Lipinski definition) is 0. The second-order valence-corrected chi connectivity index (χ2v) is 3.45. The van der Waals surface area contributed by atoms with E-state index in [9.17, 15) is 9.59 Å².